The molecule has 0 spiro atoms. The molecule has 0 radical (unpaired) electrons. The van der Waals surface area contributed by atoms with Crippen molar-refractivity contribution in [2.45, 2.75) is 37.2 Å². The highest BCUT2D eigenvalue weighted by Gasteiger charge is 2.20. The van der Waals surface area contributed by atoms with Crippen LogP contribution >= 0.6 is 0 Å². The largest absolute Gasteiger partial charge is 0.391 e. The molecule has 1 atom stereocenters. The number of aliphatic hydroxyl groups excluding tert-OH is 1. The minimum atomic E-state index is -3.46. The zero-order valence-electron chi connectivity index (χ0n) is 11.1. The molecule has 0 fully saturated rings. The van der Waals surface area contributed by atoms with Crippen molar-refractivity contribution in [3.8, 4) is 0 Å². The van der Waals surface area contributed by atoms with Crippen molar-refractivity contribution in [2.75, 3.05) is 12.3 Å². The Morgan fingerprint density at radius 2 is 1.72 bits per heavy atom. The van der Waals surface area contributed by atoms with Crippen molar-refractivity contribution in [3.05, 3.63) is 29.8 Å². The third-order valence-corrected chi connectivity index (χ3v) is 4.58. The minimum absolute atomic E-state index is 0.0148. The molecule has 0 aliphatic carbocycles. The first-order valence-corrected chi connectivity index (χ1v) is 7.53. The summed E-state index contributed by atoms with van der Waals surface area (Å²) >= 11 is 0. The molecule has 0 amide bonds. The maximum Gasteiger partial charge on any atom is 0.180 e. The summed E-state index contributed by atoms with van der Waals surface area (Å²) in [4.78, 5) is 0.225. The monoisotopic (exact) mass is 271 g/mol. The zero-order chi connectivity index (χ0) is 14.0. The summed E-state index contributed by atoms with van der Waals surface area (Å²) in [6, 6.07) is 6.78. The van der Waals surface area contributed by atoms with Crippen molar-refractivity contribution in [3.63, 3.8) is 0 Å². The van der Waals surface area contributed by atoms with Gasteiger partial charge in [-0.25, -0.2) is 8.42 Å². The van der Waals surface area contributed by atoms with E-state index in [0.29, 0.717) is 0 Å². The highest BCUT2D eigenvalue weighted by atomic mass is 32.2. The van der Waals surface area contributed by atoms with Gasteiger partial charge in [-0.05, 0) is 23.1 Å². The molecule has 3 N–H and O–H groups in total. The molecule has 18 heavy (non-hydrogen) atoms. The van der Waals surface area contributed by atoms with Crippen LogP contribution in [0.5, 0.6) is 0 Å². The van der Waals surface area contributed by atoms with Crippen LogP contribution in [-0.2, 0) is 15.3 Å². The number of hydrogen-bond donors (Lipinski definition) is 2. The van der Waals surface area contributed by atoms with E-state index in [1.165, 1.54) is 0 Å². The fourth-order valence-corrected chi connectivity index (χ4v) is 2.97. The lowest BCUT2D eigenvalue weighted by Gasteiger charge is -2.19. The van der Waals surface area contributed by atoms with E-state index in [0.717, 1.165) is 5.56 Å². The van der Waals surface area contributed by atoms with Gasteiger partial charge in [0.1, 0.15) is 0 Å². The Balaban J connectivity index is 2.98. The molecule has 0 aromatic heterocycles. The summed E-state index contributed by atoms with van der Waals surface area (Å²) in [6.07, 6.45) is -1.02. The third kappa shape index (κ3) is 3.80. The summed E-state index contributed by atoms with van der Waals surface area (Å²) in [5.41, 5.74) is 6.28. The molecular formula is C13H21NO3S. The minimum Gasteiger partial charge on any atom is -0.391 e. The van der Waals surface area contributed by atoms with Gasteiger partial charge in [-0.3, -0.25) is 0 Å². The first-order chi connectivity index (χ1) is 8.16. The number of hydrogen-bond acceptors (Lipinski definition) is 4. The maximum absolute atomic E-state index is 11.9. The van der Waals surface area contributed by atoms with Gasteiger partial charge in [0.2, 0.25) is 0 Å². The van der Waals surface area contributed by atoms with Gasteiger partial charge in [0.15, 0.2) is 9.84 Å². The van der Waals surface area contributed by atoms with Gasteiger partial charge in [0.25, 0.3) is 0 Å². The standard InChI is InChI=1S/C13H21NO3S/c1-13(2,3)10-4-6-12(7-5-10)18(16,17)9-11(15)8-14/h4-7,11,15H,8-9,14H2,1-3H3. The molecule has 0 bridgehead atoms. The number of sulfone groups is 1. The fraction of sp³-hybridized carbons (Fsp3) is 0.538. The molecule has 1 rings (SSSR count). The van der Waals surface area contributed by atoms with Crippen LogP contribution in [0, 0.1) is 0 Å². The Morgan fingerprint density at radius 1 is 1.22 bits per heavy atom. The third-order valence-electron chi connectivity index (χ3n) is 2.76. The Kier molecular flexibility index (Phi) is 4.53. The molecule has 0 heterocycles. The van der Waals surface area contributed by atoms with Gasteiger partial charge in [0, 0.05) is 6.54 Å². The Labute approximate surface area is 109 Å². The molecule has 0 aliphatic rings. The maximum atomic E-state index is 11.9. The van der Waals surface area contributed by atoms with Crippen molar-refractivity contribution in [1.29, 1.82) is 0 Å². The van der Waals surface area contributed by atoms with Crippen LogP contribution in [0.25, 0.3) is 0 Å². The van der Waals surface area contributed by atoms with Gasteiger partial charge < -0.3 is 10.8 Å². The van der Waals surface area contributed by atoms with E-state index in [9.17, 15) is 13.5 Å². The van der Waals surface area contributed by atoms with Gasteiger partial charge in [0.05, 0.1) is 16.8 Å². The van der Waals surface area contributed by atoms with Crippen molar-refractivity contribution < 1.29 is 13.5 Å². The van der Waals surface area contributed by atoms with Crippen LogP contribution in [0.15, 0.2) is 29.2 Å². The lowest BCUT2D eigenvalue weighted by molar-refractivity contribution is 0.205. The lowest BCUT2D eigenvalue weighted by atomic mass is 9.87. The lowest BCUT2D eigenvalue weighted by Crippen LogP contribution is -2.28. The Bertz CT molecular complexity index is 486. The van der Waals surface area contributed by atoms with Crippen LogP contribution in [-0.4, -0.2) is 31.9 Å². The van der Waals surface area contributed by atoms with E-state index >= 15 is 0 Å². The molecule has 4 nitrogen and oxygen atoms in total. The number of nitrogens with two attached hydrogens (primary N) is 1. The Morgan fingerprint density at radius 3 is 2.11 bits per heavy atom. The van der Waals surface area contributed by atoms with Crippen molar-refractivity contribution >= 4 is 9.84 Å². The SMILES string of the molecule is CC(C)(C)c1ccc(S(=O)(=O)CC(O)CN)cc1. The number of aliphatic hydroxyl groups is 1. The van der Waals surface area contributed by atoms with Gasteiger partial charge in [-0.1, -0.05) is 32.9 Å². The smallest absolute Gasteiger partial charge is 0.180 e. The van der Waals surface area contributed by atoms with E-state index in [2.05, 4.69) is 20.8 Å². The van der Waals surface area contributed by atoms with Gasteiger partial charge >= 0.3 is 0 Å². The van der Waals surface area contributed by atoms with E-state index in [4.69, 9.17) is 5.73 Å². The number of rotatable bonds is 4. The van der Waals surface area contributed by atoms with Crippen LogP contribution in [0.3, 0.4) is 0 Å². The fourth-order valence-electron chi connectivity index (χ4n) is 1.58. The molecule has 0 saturated heterocycles. The number of benzene rings is 1. The van der Waals surface area contributed by atoms with E-state index in [1.54, 1.807) is 12.1 Å². The van der Waals surface area contributed by atoms with E-state index in [1.807, 2.05) is 12.1 Å². The molecule has 1 aromatic rings. The van der Waals surface area contributed by atoms with E-state index < -0.39 is 15.9 Å². The second-order valence-corrected chi connectivity index (χ2v) is 7.48. The second kappa shape index (κ2) is 5.38. The average molecular weight is 271 g/mol. The summed E-state index contributed by atoms with van der Waals surface area (Å²) < 4.78 is 23.9. The molecule has 1 aromatic carbocycles. The molecule has 0 saturated carbocycles. The molecule has 5 heteroatoms. The molecule has 1 unspecified atom stereocenters. The molecular weight excluding hydrogens is 250 g/mol. The van der Waals surface area contributed by atoms with Gasteiger partial charge in [-0.15, -0.1) is 0 Å². The summed E-state index contributed by atoms with van der Waals surface area (Å²) in [5.74, 6) is -0.335. The molecule has 102 valence electrons. The predicted octanol–water partition coefficient (Wildman–Crippen LogP) is 1.08. The van der Waals surface area contributed by atoms with Crippen LogP contribution in [0.4, 0.5) is 0 Å². The summed E-state index contributed by atoms with van der Waals surface area (Å²) in [5, 5.41) is 9.33. The van der Waals surface area contributed by atoms with Crippen LogP contribution in [0.2, 0.25) is 0 Å². The second-order valence-electron chi connectivity index (χ2n) is 5.45. The topological polar surface area (TPSA) is 80.4 Å². The predicted molar refractivity (Wildman–Crippen MR) is 72.3 cm³/mol. The zero-order valence-corrected chi connectivity index (χ0v) is 11.9. The quantitative estimate of drug-likeness (QED) is 0.858. The first-order valence-electron chi connectivity index (χ1n) is 5.88. The first kappa shape index (κ1) is 15.1. The van der Waals surface area contributed by atoms with E-state index in [-0.39, 0.29) is 22.6 Å². The molecule has 0 aliphatic heterocycles. The Hall–Kier alpha value is -0.910. The normalized spacial score (nSPS) is 14.5. The van der Waals surface area contributed by atoms with Crippen molar-refractivity contribution in [1.82, 2.24) is 0 Å². The average Bonchev–Trinajstić information content (AvgIpc) is 2.27. The van der Waals surface area contributed by atoms with Crippen LogP contribution in [0.1, 0.15) is 26.3 Å². The van der Waals surface area contributed by atoms with Crippen molar-refractivity contribution in [2.24, 2.45) is 5.73 Å². The highest BCUT2D eigenvalue weighted by Crippen LogP contribution is 2.23. The highest BCUT2D eigenvalue weighted by molar-refractivity contribution is 7.91. The summed E-state index contributed by atoms with van der Waals surface area (Å²) in [7, 11) is -3.46. The summed E-state index contributed by atoms with van der Waals surface area (Å²) in [6.45, 7) is 6.14. The van der Waals surface area contributed by atoms with Crippen LogP contribution < -0.4 is 5.73 Å². The van der Waals surface area contributed by atoms with Gasteiger partial charge in [-0.2, -0.15) is 0 Å².